The van der Waals surface area contributed by atoms with Crippen LogP contribution < -0.4 is 16.4 Å². The van der Waals surface area contributed by atoms with Crippen LogP contribution in [-0.2, 0) is 11.3 Å². The maximum absolute atomic E-state index is 12.0. The van der Waals surface area contributed by atoms with Crippen LogP contribution in [-0.4, -0.2) is 39.7 Å². The first-order valence-electron chi connectivity index (χ1n) is 9.58. The number of nitrogen functional groups attached to an aromatic ring is 1. The molecule has 2 heterocycles. The summed E-state index contributed by atoms with van der Waals surface area (Å²) in [5.74, 6) is 0.809. The van der Waals surface area contributed by atoms with E-state index < -0.39 is 0 Å². The van der Waals surface area contributed by atoms with Crippen LogP contribution in [0.15, 0.2) is 34.9 Å². The van der Waals surface area contributed by atoms with Crippen molar-refractivity contribution in [2.75, 3.05) is 19.3 Å². The monoisotopic (exact) mass is 393 g/mol. The predicted octanol–water partition coefficient (Wildman–Crippen LogP) is 1.73. The summed E-state index contributed by atoms with van der Waals surface area (Å²) in [5.41, 5.74) is 9.02. The average molecular weight is 393 g/mol. The van der Waals surface area contributed by atoms with E-state index in [0.717, 1.165) is 24.1 Å². The molecule has 1 aromatic carbocycles. The second-order valence-corrected chi connectivity index (χ2v) is 7.01. The van der Waals surface area contributed by atoms with Gasteiger partial charge < -0.3 is 20.8 Å². The van der Waals surface area contributed by atoms with Crippen molar-refractivity contribution < 1.29 is 9.21 Å². The highest BCUT2D eigenvalue weighted by Gasteiger charge is 2.45. The average Bonchev–Trinajstić information content (AvgIpc) is 3.38. The van der Waals surface area contributed by atoms with Crippen molar-refractivity contribution in [3.63, 3.8) is 0 Å². The van der Waals surface area contributed by atoms with Crippen LogP contribution in [0.2, 0.25) is 0 Å². The number of nitrogens with zero attached hydrogens (tertiary/aromatic N) is 4. The molecule has 0 saturated heterocycles. The second kappa shape index (κ2) is 7.96. The lowest BCUT2D eigenvalue weighted by molar-refractivity contribution is -0.122. The van der Waals surface area contributed by atoms with Crippen LogP contribution in [0.5, 0.6) is 0 Å². The predicted molar refractivity (Wildman–Crippen MR) is 107 cm³/mol. The zero-order valence-corrected chi connectivity index (χ0v) is 16.3. The summed E-state index contributed by atoms with van der Waals surface area (Å²) in [6.45, 7) is 3.30. The molecule has 29 heavy (non-hydrogen) atoms. The fourth-order valence-corrected chi connectivity index (χ4v) is 3.27. The summed E-state index contributed by atoms with van der Waals surface area (Å²) < 4.78 is 5.80. The van der Waals surface area contributed by atoms with Gasteiger partial charge in [0.15, 0.2) is 11.5 Å². The van der Waals surface area contributed by atoms with E-state index in [-0.39, 0.29) is 29.5 Å². The molecule has 1 aliphatic carbocycles. The van der Waals surface area contributed by atoms with E-state index in [2.05, 4.69) is 30.8 Å². The molecular weight excluding hydrogens is 370 g/mol. The summed E-state index contributed by atoms with van der Waals surface area (Å²) in [4.78, 5) is 20.8. The number of carbonyl (C=O) groups is 1. The Bertz CT molecular complexity index is 1020. The standard InChI is InChI=1S/C20H23N7O2/c1-3-23-18(28)14-8-13(14)15-10-24-17(21)16(25-15)20-27-26-19(29-20)12-6-4-11(5-7-12)9-22-2/h4-7,10,13-14,22H,3,8-9H2,1-2H3,(H2,21,24)(H,23,28). The van der Waals surface area contributed by atoms with Gasteiger partial charge in [-0.15, -0.1) is 10.2 Å². The zero-order valence-electron chi connectivity index (χ0n) is 16.3. The lowest BCUT2D eigenvalue weighted by Crippen LogP contribution is -2.24. The van der Waals surface area contributed by atoms with Gasteiger partial charge in [-0.25, -0.2) is 9.97 Å². The molecule has 0 bridgehead atoms. The number of hydrogen-bond donors (Lipinski definition) is 3. The molecule has 1 fully saturated rings. The van der Waals surface area contributed by atoms with Crippen molar-refractivity contribution in [1.82, 2.24) is 30.8 Å². The first-order chi connectivity index (χ1) is 14.1. The fraction of sp³-hybridized carbons (Fsp3) is 0.350. The normalized spacial score (nSPS) is 17.9. The fourth-order valence-electron chi connectivity index (χ4n) is 3.27. The number of hydrogen-bond acceptors (Lipinski definition) is 8. The van der Waals surface area contributed by atoms with Gasteiger partial charge in [-0.3, -0.25) is 4.79 Å². The van der Waals surface area contributed by atoms with E-state index >= 15 is 0 Å². The quantitative estimate of drug-likeness (QED) is 0.553. The number of rotatable bonds is 7. The third-order valence-corrected chi connectivity index (χ3v) is 4.89. The molecule has 9 heteroatoms. The second-order valence-electron chi connectivity index (χ2n) is 7.01. The van der Waals surface area contributed by atoms with Gasteiger partial charge in [0.25, 0.3) is 5.89 Å². The Kier molecular flexibility index (Phi) is 5.22. The van der Waals surface area contributed by atoms with Crippen LogP contribution >= 0.6 is 0 Å². The van der Waals surface area contributed by atoms with Gasteiger partial charge in [0, 0.05) is 30.5 Å². The minimum atomic E-state index is -0.0740. The van der Waals surface area contributed by atoms with E-state index in [4.69, 9.17) is 10.2 Å². The van der Waals surface area contributed by atoms with Crippen LogP contribution in [0.1, 0.15) is 30.5 Å². The highest BCUT2D eigenvalue weighted by atomic mass is 16.4. The van der Waals surface area contributed by atoms with Crippen molar-refractivity contribution in [3.8, 4) is 23.0 Å². The summed E-state index contributed by atoms with van der Waals surface area (Å²) in [5, 5.41) is 14.2. The highest BCUT2D eigenvalue weighted by Crippen LogP contribution is 2.47. The smallest absolute Gasteiger partial charge is 0.270 e. The Balaban J connectivity index is 1.55. The van der Waals surface area contributed by atoms with Gasteiger partial charge in [0.05, 0.1) is 11.9 Å². The lowest BCUT2D eigenvalue weighted by Gasteiger charge is -2.04. The molecule has 9 nitrogen and oxygen atoms in total. The van der Waals surface area contributed by atoms with E-state index in [9.17, 15) is 4.79 Å². The third-order valence-electron chi connectivity index (χ3n) is 4.89. The van der Waals surface area contributed by atoms with Crippen LogP contribution in [0, 0.1) is 5.92 Å². The largest absolute Gasteiger partial charge is 0.414 e. The minimum absolute atomic E-state index is 0.0375. The number of benzene rings is 1. The Morgan fingerprint density at radius 1 is 1.24 bits per heavy atom. The molecule has 1 saturated carbocycles. The molecular formula is C20H23N7O2. The molecule has 0 aliphatic heterocycles. The van der Waals surface area contributed by atoms with Crippen molar-refractivity contribution in [3.05, 3.63) is 41.7 Å². The Hall–Kier alpha value is -3.33. The molecule has 3 aromatic rings. The molecule has 2 atom stereocenters. The number of nitrogens with two attached hydrogens (primary N) is 1. The first kappa shape index (κ1) is 19.0. The minimum Gasteiger partial charge on any atom is -0.414 e. The first-order valence-corrected chi connectivity index (χ1v) is 9.58. The van der Waals surface area contributed by atoms with Crippen molar-refractivity contribution >= 4 is 11.7 Å². The maximum atomic E-state index is 12.0. The van der Waals surface area contributed by atoms with Crippen molar-refractivity contribution in [1.29, 1.82) is 0 Å². The lowest BCUT2D eigenvalue weighted by atomic mass is 10.1. The van der Waals surface area contributed by atoms with Gasteiger partial charge >= 0.3 is 0 Å². The van der Waals surface area contributed by atoms with Crippen LogP contribution in [0.4, 0.5) is 5.82 Å². The van der Waals surface area contributed by atoms with Crippen molar-refractivity contribution in [2.45, 2.75) is 25.8 Å². The molecule has 4 rings (SSSR count). The molecule has 0 spiro atoms. The van der Waals surface area contributed by atoms with Gasteiger partial charge in [0.2, 0.25) is 11.8 Å². The Morgan fingerprint density at radius 3 is 2.72 bits per heavy atom. The molecule has 2 aromatic heterocycles. The van der Waals surface area contributed by atoms with E-state index in [0.29, 0.717) is 23.8 Å². The van der Waals surface area contributed by atoms with Gasteiger partial charge in [-0.2, -0.15) is 0 Å². The third kappa shape index (κ3) is 3.95. The van der Waals surface area contributed by atoms with Crippen LogP contribution in [0.25, 0.3) is 23.0 Å². The van der Waals surface area contributed by atoms with Gasteiger partial charge in [-0.1, -0.05) is 12.1 Å². The number of nitrogens with one attached hydrogen (secondary N) is 2. The summed E-state index contributed by atoms with van der Waals surface area (Å²) in [7, 11) is 1.90. The number of carbonyl (C=O) groups excluding carboxylic acids is 1. The number of anilines is 1. The molecule has 2 unspecified atom stereocenters. The van der Waals surface area contributed by atoms with E-state index in [1.165, 1.54) is 0 Å². The Morgan fingerprint density at radius 2 is 2.00 bits per heavy atom. The summed E-state index contributed by atoms with van der Waals surface area (Å²) in [6.07, 6.45) is 2.36. The maximum Gasteiger partial charge on any atom is 0.270 e. The number of amides is 1. The Labute approximate surface area is 168 Å². The number of aromatic nitrogens is 4. The van der Waals surface area contributed by atoms with Crippen LogP contribution in [0.3, 0.4) is 0 Å². The van der Waals surface area contributed by atoms with Gasteiger partial charge in [0.1, 0.15) is 0 Å². The summed E-state index contributed by atoms with van der Waals surface area (Å²) >= 11 is 0. The topological polar surface area (TPSA) is 132 Å². The van der Waals surface area contributed by atoms with Crippen molar-refractivity contribution in [2.24, 2.45) is 5.92 Å². The highest BCUT2D eigenvalue weighted by molar-refractivity contribution is 5.82. The van der Waals surface area contributed by atoms with Gasteiger partial charge in [-0.05, 0) is 38.1 Å². The molecule has 4 N–H and O–H groups in total. The summed E-state index contributed by atoms with van der Waals surface area (Å²) in [6, 6.07) is 7.85. The molecule has 150 valence electrons. The molecule has 1 aliphatic rings. The molecule has 1 amide bonds. The molecule has 0 radical (unpaired) electrons. The van der Waals surface area contributed by atoms with E-state index in [1.807, 2.05) is 38.2 Å². The zero-order chi connectivity index (χ0) is 20.4. The SMILES string of the molecule is CCNC(=O)C1CC1c1cnc(N)c(-c2nnc(-c3ccc(CNC)cc3)o2)n1. The van der Waals surface area contributed by atoms with E-state index in [1.54, 1.807) is 6.20 Å².